The Bertz CT molecular complexity index is 761. The highest BCUT2D eigenvalue weighted by Crippen LogP contribution is 2.68. The van der Waals surface area contributed by atoms with E-state index in [-0.39, 0.29) is 17.9 Å². The molecule has 6 aliphatic rings. The van der Waals surface area contributed by atoms with Crippen LogP contribution in [0.2, 0.25) is 0 Å². The van der Waals surface area contributed by atoms with Gasteiger partial charge in [0.15, 0.2) is 0 Å². The molecule has 0 N–H and O–H groups in total. The Morgan fingerprint density at radius 1 is 0.788 bits per heavy atom. The maximum absolute atomic E-state index is 13.6. The van der Waals surface area contributed by atoms with Gasteiger partial charge >= 0.3 is 17.9 Å². The molecule has 0 aromatic rings. The SMILES string of the molecule is C=CC(=O)OC12CC3CC(C(=O)OC4CCCCO4)(C1)CC(C(=O)OC1CCCCO1)(C3)C2. The molecule has 6 rings (SSSR count). The van der Waals surface area contributed by atoms with E-state index in [1.54, 1.807) is 0 Å². The van der Waals surface area contributed by atoms with Gasteiger partial charge in [-0.3, -0.25) is 9.59 Å². The van der Waals surface area contributed by atoms with Crippen molar-refractivity contribution in [3.8, 4) is 0 Å². The lowest BCUT2D eigenvalue weighted by Gasteiger charge is -2.63. The van der Waals surface area contributed by atoms with Gasteiger partial charge in [0, 0.05) is 31.8 Å². The van der Waals surface area contributed by atoms with Crippen LogP contribution in [0.4, 0.5) is 0 Å². The average Bonchev–Trinajstić information content (AvgIpc) is 2.79. The third kappa shape index (κ3) is 4.32. The minimum absolute atomic E-state index is 0.0681. The third-order valence-electron chi connectivity index (χ3n) is 8.12. The summed E-state index contributed by atoms with van der Waals surface area (Å²) in [6.45, 7) is 4.68. The highest BCUT2D eigenvalue weighted by Gasteiger charge is 2.70. The van der Waals surface area contributed by atoms with Crippen LogP contribution in [0.25, 0.3) is 0 Å². The van der Waals surface area contributed by atoms with Crippen molar-refractivity contribution in [1.29, 1.82) is 0 Å². The molecule has 0 amide bonds. The van der Waals surface area contributed by atoms with Gasteiger partial charge < -0.3 is 23.7 Å². The zero-order valence-corrected chi connectivity index (χ0v) is 19.2. The van der Waals surface area contributed by atoms with Gasteiger partial charge in [0.05, 0.1) is 24.0 Å². The number of hydrogen-bond acceptors (Lipinski definition) is 8. The summed E-state index contributed by atoms with van der Waals surface area (Å²) in [5.41, 5.74) is -2.69. The Morgan fingerprint density at radius 2 is 1.33 bits per heavy atom. The first-order valence-corrected chi connectivity index (χ1v) is 12.4. The topological polar surface area (TPSA) is 97.4 Å². The van der Waals surface area contributed by atoms with Crippen LogP contribution in [0.3, 0.4) is 0 Å². The second kappa shape index (κ2) is 8.69. The molecule has 2 saturated heterocycles. The van der Waals surface area contributed by atoms with Crippen LogP contribution < -0.4 is 0 Å². The van der Waals surface area contributed by atoms with E-state index >= 15 is 0 Å². The van der Waals surface area contributed by atoms with Crippen molar-refractivity contribution in [2.75, 3.05) is 13.2 Å². The molecule has 6 fully saturated rings. The predicted molar refractivity (Wildman–Crippen MR) is 114 cm³/mol. The van der Waals surface area contributed by atoms with Gasteiger partial charge in [-0.05, 0) is 57.3 Å². The zero-order chi connectivity index (χ0) is 23.1. The van der Waals surface area contributed by atoms with Crippen LogP contribution in [0.15, 0.2) is 12.7 Å². The Balaban J connectivity index is 1.42. The van der Waals surface area contributed by atoms with E-state index in [0.717, 1.165) is 31.8 Å². The molecule has 4 atom stereocenters. The number of hydrogen-bond donors (Lipinski definition) is 0. The summed E-state index contributed by atoms with van der Waals surface area (Å²) in [7, 11) is 0. The normalized spacial score (nSPS) is 41.8. The Labute approximate surface area is 194 Å². The number of carbonyl (C=O) groups excluding carboxylic acids is 3. The molecular formula is C25H34O8. The summed E-state index contributed by atoms with van der Waals surface area (Å²) in [6.07, 6.45) is 8.15. The first-order valence-electron chi connectivity index (χ1n) is 12.4. The lowest BCUT2D eigenvalue weighted by Crippen LogP contribution is -2.66. The van der Waals surface area contributed by atoms with Crippen molar-refractivity contribution in [1.82, 2.24) is 0 Å². The summed E-state index contributed by atoms with van der Waals surface area (Å²) >= 11 is 0. The largest absolute Gasteiger partial charge is 0.456 e. The van der Waals surface area contributed by atoms with E-state index in [1.807, 2.05) is 0 Å². The highest BCUT2D eigenvalue weighted by atomic mass is 16.7. The van der Waals surface area contributed by atoms with E-state index in [9.17, 15) is 14.4 Å². The number of rotatable bonds is 6. The first-order chi connectivity index (χ1) is 15.9. The maximum Gasteiger partial charge on any atom is 0.330 e. The molecule has 4 unspecified atom stereocenters. The van der Waals surface area contributed by atoms with E-state index in [2.05, 4.69) is 6.58 Å². The van der Waals surface area contributed by atoms with Crippen LogP contribution in [-0.2, 0) is 38.1 Å². The summed E-state index contributed by atoms with van der Waals surface area (Å²) in [5, 5.41) is 0. The standard InChI is InChI=1S/C25H34O8/c1-2-18(26)33-25-13-17-11-23(15-25,21(27)31-19-7-3-5-9-29-19)14-24(12-17,16-25)22(28)32-20-8-4-6-10-30-20/h2,17,19-20H,1,3-16H2. The van der Waals surface area contributed by atoms with Crippen LogP contribution in [0, 0.1) is 16.7 Å². The van der Waals surface area contributed by atoms with E-state index in [0.29, 0.717) is 64.6 Å². The first kappa shape index (κ1) is 22.8. The van der Waals surface area contributed by atoms with Gasteiger partial charge in [0.1, 0.15) is 5.60 Å². The predicted octanol–water partition coefficient (Wildman–Crippen LogP) is 3.56. The molecule has 0 aromatic carbocycles. The summed E-state index contributed by atoms with van der Waals surface area (Å²) < 4.78 is 28.8. The second-order valence-electron chi connectivity index (χ2n) is 10.8. The maximum atomic E-state index is 13.6. The molecule has 4 saturated carbocycles. The highest BCUT2D eigenvalue weighted by molar-refractivity contribution is 5.85. The molecule has 0 spiro atoms. The number of carbonyl (C=O) groups is 3. The molecule has 2 heterocycles. The average molecular weight is 463 g/mol. The van der Waals surface area contributed by atoms with Crippen molar-refractivity contribution in [3.05, 3.63) is 12.7 Å². The van der Waals surface area contributed by atoms with Crippen molar-refractivity contribution < 1.29 is 38.1 Å². The van der Waals surface area contributed by atoms with Gasteiger partial charge in [0.2, 0.25) is 12.6 Å². The van der Waals surface area contributed by atoms with Gasteiger partial charge in [-0.15, -0.1) is 0 Å². The Hall–Kier alpha value is -1.93. The second-order valence-corrected chi connectivity index (χ2v) is 10.8. The van der Waals surface area contributed by atoms with Crippen molar-refractivity contribution in [2.45, 2.75) is 95.2 Å². The summed E-state index contributed by atoms with van der Waals surface area (Å²) in [5.74, 6) is -1.15. The smallest absolute Gasteiger partial charge is 0.330 e. The van der Waals surface area contributed by atoms with Crippen LogP contribution >= 0.6 is 0 Å². The summed E-state index contributed by atoms with van der Waals surface area (Å²) in [4.78, 5) is 39.4. The fraction of sp³-hybridized carbons (Fsp3) is 0.800. The van der Waals surface area contributed by atoms with Gasteiger partial charge in [0.25, 0.3) is 0 Å². The molecule has 4 bridgehead atoms. The lowest BCUT2D eigenvalue weighted by atomic mass is 9.42. The van der Waals surface area contributed by atoms with Gasteiger partial charge in [-0.1, -0.05) is 6.58 Å². The quantitative estimate of drug-likeness (QED) is 0.336. The Morgan fingerprint density at radius 3 is 1.79 bits per heavy atom. The van der Waals surface area contributed by atoms with Crippen molar-refractivity contribution >= 4 is 17.9 Å². The monoisotopic (exact) mass is 462 g/mol. The molecule has 8 nitrogen and oxygen atoms in total. The van der Waals surface area contributed by atoms with Crippen molar-refractivity contribution in [3.63, 3.8) is 0 Å². The molecule has 8 heteroatoms. The van der Waals surface area contributed by atoms with Crippen LogP contribution in [0.5, 0.6) is 0 Å². The molecule has 0 radical (unpaired) electrons. The summed E-state index contributed by atoms with van der Waals surface area (Å²) in [6, 6.07) is 0. The van der Waals surface area contributed by atoms with Gasteiger partial charge in [-0.25, -0.2) is 4.79 Å². The Kier molecular flexibility index (Phi) is 6.02. The van der Waals surface area contributed by atoms with E-state index < -0.39 is 35.0 Å². The minimum Gasteiger partial charge on any atom is -0.456 e. The fourth-order valence-corrected chi connectivity index (χ4v) is 7.27. The lowest BCUT2D eigenvalue weighted by molar-refractivity contribution is -0.251. The van der Waals surface area contributed by atoms with Gasteiger partial charge in [-0.2, -0.15) is 0 Å². The molecular weight excluding hydrogens is 428 g/mol. The van der Waals surface area contributed by atoms with E-state index in [1.165, 1.54) is 0 Å². The fourth-order valence-electron chi connectivity index (χ4n) is 7.27. The van der Waals surface area contributed by atoms with Crippen LogP contribution in [0.1, 0.15) is 77.0 Å². The minimum atomic E-state index is -0.899. The third-order valence-corrected chi connectivity index (χ3v) is 8.12. The zero-order valence-electron chi connectivity index (χ0n) is 19.2. The molecule has 33 heavy (non-hydrogen) atoms. The van der Waals surface area contributed by atoms with Crippen LogP contribution in [-0.4, -0.2) is 49.3 Å². The number of esters is 3. The van der Waals surface area contributed by atoms with E-state index in [4.69, 9.17) is 23.7 Å². The molecule has 2 aliphatic heterocycles. The van der Waals surface area contributed by atoms with Crippen molar-refractivity contribution in [2.24, 2.45) is 16.7 Å². The molecule has 0 aromatic heterocycles. The molecule has 182 valence electrons. The number of ether oxygens (including phenoxy) is 5. The molecule has 4 aliphatic carbocycles.